The van der Waals surface area contributed by atoms with Gasteiger partial charge in [-0.2, -0.15) is 0 Å². The van der Waals surface area contributed by atoms with Crippen molar-refractivity contribution in [2.75, 3.05) is 45.3 Å². The summed E-state index contributed by atoms with van der Waals surface area (Å²) < 4.78 is 0. The quantitative estimate of drug-likeness (QED) is 0.493. The van der Waals surface area contributed by atoms with E-state index in [0.29, 0.717) is 18.3 Å². The molecule has 1 aromatic heterocycles. The van der Waals surface area contributed by atoms with Crippen molar-refractivity contribution in [3.8, 4) is 0 Å². The third kappa shape index (κ3) is 5.10. The normalized spacial score (nSPS) is 26.1. The van der Waals surface area contributed by atoms with Crippen LogP contribution >= 0.6 is 11.8 Å². The molecule has 5 rings (SSSR count). The number of nitrogens with one attached hydrogen (secondary N) is 1. The lowest BCUT2D eigenvalue weighted by Crippen LogP contribution is -2.56. The highest BCUT2D eigenvalue weighted by atomic mass is 32.2. The van der Waals surface area contributed by atoms with Crippen molar-refractivity contribution in [1.82, 2.24) is 19.7 Å². The number of benzene rings is 1. The van der Waals surface area contributed by atoms with Crippen LogP contribution in [0.3, 0.4) is 0 Å². The second-order valence-corrected chi connectivity index (χ2v) is 12.1. The van der Waals surface area contributed by atoms with Gasteiger partial charge in [-0.25, -0.2) is 9.78 Å². The summed E-state index contributed by atoms with van der Waals surface area (Å²) >= 11 is 1.61. The van der Waals surface area contributed by atoms with E-state index >= 15 is 0 Å². The Bertz CT molecular complexity index is 1100. The number of carbonyl (C=O) groups excluding carboxylic acids is 2. The van der Waals surface area contributed by atoms with Crippen molar-refractivity contribution in [1.29, 1.82) is 0 Å². The minimum atomic E-state index is -0.209. The van der Waals surface area contributed by atoms with Crippen LogP contribution in [-0.4, -0.2) is 77.1 Å². The summed E-state index contributed by atoms with van der Waals surface area (Å²) in [6, 6.07) is 14.6. The Labute approximate surface area is 225 Å². The van der Waals surface area contributed by atoms with Gasteiger partial charge >= 0.3 is 6.03 Å². The summed E-state index contributed by atoms with van der Waals surface area (Å²) in [5.74, 6) is 0.913. The van der Waals surface area contributed by atoms with Crippen LogP contribution in [0, 0.1) is 5.92 Å². The Balaban J connectivity index is 1.32. The molecular formula is C29H39N5O2S. The van der Waals surface area contributed by atoms with E-state index in [4.69, 9.17) is 0 Å². The van der Waals surface area contributed by atoms with Gasteiger partial charge in [0.05, 0.1) is 5.54 Å². The highest BCUT2D eigenvalue weighted by molar-refractivity contribution is 7.98. The number of anilines is 1. The minimum absolute atomic E-state index is 0.0183. The molecule has 1 spiro atoms. The molecule has 1 N–H and O–H groups in total. The van der Waals surface area contributed by atoms with Gasteiger partial charge in [0.15, 0.2) is 0 Å². The molecule has 2 heterocycles. The standard InChI is InChI=1S/C29H39N5O2S/c1-32(2)29(23-10-5-4-6-11-23)16-14-28(15-17-29)21-33(27(36)34(28)19-22-8-7-9-22)20-26(35)31-25-13-12-24(37-3)18-30-25/h4-6,10-13,18,22H,7-9,14-17,19-21H2,1-3H3,(H,30,31,35)/t28-,29-. The number of amides is 3. The Morgan fingerprint density at radius 2 is 1.84 bits per heavy atom. The maximum absolute atomic E-state index is 13.7. The van der Waals surface area contributed by atoms with Crippen molar-refractivity contribution < 1.29 is 9.59 Å². The number of rotatable bonds is 8. The maximum atomic E-state index is 13.7. The van der Waals surface area contributed by atoms with Crippen LogP contribution in [0.5, 0.6) is 0 Å². The summed E-state index contributed by atoms with van der Waals surface area (Å²) in [5.41, 5.74) is 1.11. The minimum Gasteiger partial charge on any atom is -0.317 e. The number of aromatic nitrogens is 1. The van der Waals surface area contributed by atoms with Gasteiger partial charge in [0.25, 0.3) is 0 Å². The smallest absolute Gasteiger partial charge is 0.317 e. The monoisotopic (exact) mass is 521 g/mol. The third-order valence-corrected chi connectivity index (χ3v) is 9.69. The van der Waals surface area contributed by atoms with E-state index < -0.39 is 0 Å². The number of nitrogens with zero attached hydrogens (tertiary/aromatic N) is 4. The summed E-state index contributed by atoms with van der Waals surface area (Å²) in [7, 11) is 4.35. The Morgan fingerprint density at radius 1 is 1.11 bits per heavy atom. The van der Waals surface area contributed by atoms with Crippen molar-refractivity contribution in [3.05, 3.63) is 54.2 Å². The molecule has 198 valence electrons. The Kier molecular flexibility index (Phi) is 7.50. The zero-order chi connectivity index (χ0) is 26.0. The van der Waals surface area contributed by atoms with Gasteiger partial charge < -0.3 is 15.1 Å². The lowest BCUT2D eigenvalue weighted by molar-refractivity contribution is -0.116. The molecule has 7 nitrogen and oxygen atoms in total. The fourth-order valence-electron chi connectivity index (χ4n) is 6.44. The molecular weight excluding hydrogens is 482 g/mol. The number of urea groups is 1. The van der Waals surface area contributed by atoms with Crippen LogP contribution in [-0.2, 0) is 10.3 Å². The van der Waals surface area contributed by atoms with Crippen LogP contribution < -0.4 is 5.32 Å². The second-order valence-electron chi connectivity index (χ2n) is 11.2. The van der Waals surface area contributed by atoms with Crippen molar-refractivity contribution >= 4 is 29.5 Å². The summed E-state index contributed by atoms with van der Waals surface area (Å²) in [6.07, 6.45) is 11.3. The predicted octanol–water partition coefficient (Wildman–Crippen LogP) is 5.05. The molecule has 1 aromatic carbocycles. The SMILES string of the molecule is CSc1ccc(NC(=O)CN2C[C@]3(CC[C@@](c4ccccc4)(N(C)C)CC3)N(CC3CCC3)C2=O)nc1. The molecule has 8 heteroatoms. The van der Waals surface area contributed by atoms with E-state index in [-0.39, 0.29) is 29.6 Å². The largest absolute Gasteiger partial charge is 0.321 e. The fourth-order valence-corrected chi connectivity index (χ4v) is 6.80. The van der Waals surface area contributed by atoms with E-state index in [1.54, 1.807) is 22.9 Å². The van der Waals surface area contributed by atoms with Gasteiger partial charge in [-0.05, 0) is 82.5 Å². The van der Waals surface area contributed by atoms with Crippen LogP contribution in [0.25, 0.3) is 0 Å². The molecule has 2 saturated carbocycles. The molecule has 2 aromatic rings. The van der Waals surface area contributed by atoms with Crippen LogP contribution in [0.1, 0.15) is 50.5 Å². The first-order chi connectivity index (χ1) is 17.8. The van der Waals surface area contributed by atoms with Crippen LogP contribution in [0.15, 0.2) is 53.6 Å². The molecule has 1 saturated heterocycles. The van der Waals surface area contributed by atoms with Gasteiger partial charge in [0.2, 0.25) is 5.91 Å². The average molecular weight is 522 g/mol. The van der Waals surface area contributed by atoms with Crippen LogP contribution in [0.2, 0.25) is 0 Å². The lowest BCUT2D eigenvalue weighted by Gasteiger charge is -2.51. The molecule has 3 amide bonds. The zero-order valence-corrected chi connectivity index (χ0v) is 23.1. The molecule has 3 aliphatic rings. The number of carbonyl (C=O) groups is 2. The highest BCUT2D eigenvalue weighted by Crippen LogP contribution is 2.49. The van der Waals surface area contributed by atoms with E-state index in [0.717, 1.165) is 37.1 Å². The third-order valence-electron chi connectivity index (χ3n) is 8.97. The molecule has 0 bridgehead atoms. The van der Waals surface area contributed by atoms with Crippen molar-refractivity contribution in [2.45, 2.75) is 60.9 Å². The van der Waals surface area contributed by atoms with E-state index in [2.05, 4.69) is 64.5 Å². The lowest BCUT2D eigenvalue weighted by atomic mass is 9.68. The summed E-state index contributed by atoms with van der Waals surface area (Å²) in [4.78, 5) is 38.3. The molecule has 0 unspecified atom stereocenters. The Morgan fingerprint density at radius 3 is 2.41 bits per heavy atom. The second kappa shape index (κ2) is 10.7. The first-order valence-electron chi connectivity index (χ1n) is 13.4. The molecule has 1 aliphatic heterocycles. The van der Waals surface area contributed by atoms with Gasteiger partial charge in [0.1, 0.15) is 12.4 Å². The van der Waals surface area contributed by atoms with E-state index in [9.17, 15) is 9.59 Å². The molecule has 3 fully saturated rings. The van der Waals surface area contributed by atoms with E-state index in [1.165, 1.54) is 24.8 Å². The predicted molar refractivity (Wildman–Crippen MR) is 149 cm³/mol. The molecule has 0 atom stereocenters. The van der Waals surface area contributed by atoms with Crippen molar-refractivity contribution in [3.63, 3.8) is 0 Å². The number of hydrogen-bond acceptors (Lipinski definition) is 5. The zero-order valence-electron chi connectivity index (χ0n) is 22.3. The molecule has 0 radical (unpaired) electrons. The van der Waals surface area contributed by atoms with Gasteiger partial charge in [0, 0.05) is 29.7 Å². The highest BCUT2D eigenvalue weighted by Gasteiger charge is 2.55. The molecule has 37 heavy (non-hydrogen) atoms. The van der Waals surface area contributed by atoms with Gasteiger partial charge in [-0.3, -0.25) is 9.69 Å². The first kappa shape index (κ1) is 26.0. The summed E-state index contributed by atoms with van der Waals surface area (Å²) in [6.45, 7) is 1.49. The number of hydrogen-bond donors (Lipinski definition) is 1. The van der Waals surface area contributed by atoms with Gasteiger partial charge in [-0.15, -0.1) is 11.8 Å². The Hall–Kier alpha value is -2.58. The fraction of sp³-hybridized carbons (Fsp3) is 0.552. The topological polar surface area (TPSA) is 68.8 Å². The first-order valence-corrected chi connectivity index (χ1v) is 14.7. The molecule has 2 aliphatic carbocycles. The number of thioether (sulfide) groups is 1. The summed E-state index contributed by atoms with van der Waals surface area (Å²) in [5, 5.41) is 2.88. The van der Waals surface area contributed by atoms with Crippen LogP contribution in [0.4, 0.5) is 10.6 Å². The number of pyridine rings is 1. The maximum Gasteiger partial charge on any atom is 0.321 e. The average Bonchev–Trinajstić information content (AvgIpc) is 3.12. The van der Waals surface area contributed by atoms with Crippen molar-refractivity contribution in [2.24, 2.45) is 5.92 Å². The van der Waals surface area contributed by atoms with Gasteiger partial charge in [-0.1, -0.05) is 36.8 Å². The van der Waals surface area contributed by atoms with E-state index in [1.807, 2.05) is 18.4 Å².